The molecule has 0 radical (unpaired) electrons. The van der Waals surface area contributed by atoms with Crippen LogP contribution >= 0.6 is 12.6 Å². The van der Waals surface area contributed by atoms with E-state index in [-0.39, 0.29) is 12.3 Å². The Morgan fingerprint density at radius 2 is 1.87 bits per heavy atom. The largest absolute Gasteiger partial charge is 0.467 e. The number of thiol groups is 1. The van der Waals surface area contributed by atoms with E-state index in [0.29, 0.717) is 18.7 Å². The second kappa shape index (κ2) is 12.0. The van der Waals surface area contributed by atoms with Crippen LogP contribution in [0.1, 0.15) is 23.1 Å². The number of hydrogen-bond donors (Lipinski definition) is 4. The van der Waals surface area contributed by atoms with Crippen LogP contribution in [-0.4, -0.2) is 35.8 Å². The van der Waals surface area contributed by atoms with E-state index in [4.69, 9.17) is 10.5 Å². The highest BCUT2D eigenvalue weighted by Gasteiger charge is 2.22. The van der Waals surface area contributed by atoms with Crippen molar-refractivity contribution in [3.8, 4) is 0 Å². The molecule has 0 fully saturated rings. The van der Waals surface area contributed by atoms with Gasteiger partial charge in [-0.25, -0.2) is 4.79 Å². The van der Waals surface area contributed by atoms with Gasteiger partial charge in [0.05, 0.1) is 7.11 Å². The molecule has 0 unspecified atom stereocenters. The van der Waals surface area contributed by atoms with Gasteiger partial charge in [-0.3, -0.25) is 4.79 Å². The number of carbonyl (C=O) groups excluding carboxylic acids is 2. The monoisotopic (exact) mass is 427 g/mol. The molecule has 0 saturated heterocycles. The number of H-pyrrole nitrogens is 1. The zero-order chi connectivity index (χ0) is 21.9. The highest BCUT2D eigenvalue weighted by atomic mass is 32.1. The number of benzene rings is 2. The van der Waals surface area contributed by atoms with Crippen LogP contribution in [0.2, 0.25) is 0 Å². The number of rotatable bonds is 7. The molecule has 160 valence electrons. The van der Waals surface area contributed by atoms with Crippen molar-refractivity contribution < 1.29 is 14.3 Å². The fraction of sp³-hybridized carbons (Fsp3) is 0.304. The van der Waals surface area contributed by atoms with Crippen LogP contribution < -0.4 is 11.1 Å². The Hall–Kier alpha value is -2.77. The number of nitrogens with two attached hydrogens (primary N) is 1. The van der Waals surface area contributed by atoms with Crippen molar-refractivity contribution in [2.45, 2.75) is 32.4 Å². The minimum absolute atomic E-state index is 0.208. The molecule has 0 aliphatic heterocycles. The van der Waals surface area contributed by atoms with Crippen molar-refractivity contribution in [1.29, 1.82) is 0 Å². The van der Waals surface area contributed by atoms with Gasteiger partial charge >= 0.3 is 5.97 Å². The van der Waals surface area contributed by atoms with Crippen LogP contribution in [0.5, 0.6) is 0 Å². The third-order valence-corrected chi connectivity index (χ3v) is 4.84. The first-order valence-corrected chi connectivity index (χ1v) is 10.4. The Morgan fingerprint density at radius 3 is 2.50 bits per heavy atom. The molecule has 3 rings (SSSR count). The summed E-state index contributed by atoms with van der Waals surface area (Å²) >= 11 is 4.01. The molecule has 1 heterocycles. The van der Waals surface area contributed by atoms with E-state index in [1.165, 1.54) is 18.2 Å². The third-order valence-electron chi connectivity index (χ3n) is 4.62. The number of aryl methyl sites for hydroxylation is 1. The Labute approximate surface area is 182 Å². The number of methoxy groups -OCH3 is 1. The molecule has 7 heteroatoms. The lowest BCUT2D eigenvalue weighted by atomic mass is 10.0. The standard InChI is InChI=1S/C15H18N2O3S.C8H11N/c1-20-15(19)13(17-14(18)6-7-21)8-10-9-16-12-5-3-2-4-11(10)12;1-7-2-4-8(6-9)5-3-7/h2-5,9,13,16,21H,6-8H2,1H3,(H,17,18);2-5H,6,9H2,1H3/t13-;/m0./s1. The first kappa shape index (κ1) is 23.5. The maximum absolute atomic E-state index is 11.8. The molecular formula is C23H29N3O3S. The number of hydrogen-bond acceptors (Lipinski definition) is 5. The summed E-state index contributed by atoms with van der Waals surface area (Å²) in [5.41, 5.74) is 9.84. The SMILES string of the molecule is COC(=O)[C@H](Cc1c[nH]c2ccccc12)NC(=O)CCS.Cc1ccc(CN)cc1. The highest BCUT2D eigenvalue weighted by molar-refractivity contribution is 7.80. The van der Waals surface area contributed by atoms with Crippen molar-refractivity contribution in [1.82, 2.24) is 10.3 Å². The summed E-state index contributed by atoms with van der Waals surface area (Å²) in [5, 5.41) is 3.73. The number of carbonyl (C=O) groups is 2. The fourth-order valence-electron chi connectivity index (χ4n) is 2.95. The molecule has 0 bridgehead atoms. The van der Waals surface area contributed by atoms with Crippen molar-refractivity contribution in [2.75, 3.05) is 12.9 Å². The molecule has 4 N–H and O–H groups in total. The Bertz CT molecular complexity index is 954. The van der Waals surface area contributed by atoms with Gasteiger partial charge in [0, 0.05) is 36.5 Å². The zero-order valence-electron chi connectivity index (χ0n) is 17.4. The van der Waals surface area contributed by atoms with Crippen LogP contribution in [0.15, 0.2) is 54.7 Å². The predicted octanol–water partition coefficient (Wildman–Crippen LogP) is 3.14. The smallest absolute Gasteiger partial charge is 0.328 e. The first-order chi connectivity index (χ1) is 14.5. The number of amides is 1. The summed E-state index contributed by atoms with van der Waals surface area (Å²) in [4.78, 5) is 26.7. The topological polar surface area (TPSA) is 97.2 Å². The van der Waals surface area contributed by atoms with E-state index >= 15 is 0 Å². The zero-order valence-corrected chi connectivity index (χ0v) is 18.2. The van der Waals surface area contributed by atoms with Crippen LogP contribution in [0.25, 0.3) is 10.9 Å². The van der Waals surface area contributed by atoms with Gasteiger partial charge in [0.15, 0.2) is 0 Å². The summed E-state index contributed by atoms with van der Waals surface area (Å²) in [6.45, 7) is 2.71. The van der Waals surface area contributed by atoms with Gasteiger partial charge in [-0.15, -0.1) is 0 Å². The number of esters is 1. The number of fused-ring (bicyclic) bond motifs is 1. The lowest BCUT2D eigenvalue weighted by Gasteiger charge is -2.16. The van der Waals surface area contributed by atoms with E-state index in [9.17, 15) is 9.59 Å². The average Bonchev–Trinajstić information content (AvgIpc) is 3.17. The molecule has 30 heavy (non-hydrogen) atoms. The van der Waals surface area contributed by atoms with Crippen LogP contribution in [0, 0.1) is 6.92 Å². The lowest BCUT2D eigenvalue weighted by Crippen LogP contribution is -2.43. The fourth-order valence-corrected chi connectivity index (χ4v) is 3.15. The molecule has 3 aromatic rings. The number of nitrogens with one attached hydrogen (secondary N) is 2. The van der Waals surface area contributed by atoms with Gasteiger partial charge in [-0.2, -0.15) is 12.6 Å². The third kappa shape index (κ3) is 6.93. The van der Waals surface area contributed by atoms with E-state index < -0.39 is 12.0 Å². The number of ether oxygens (including phenoxy) is 1. The summed E-state index contributed by atoms with van der Waals surface area (Å²) < 4.78 is 4.77. The highest BCUT2D eigenvalue weighted by Crippen LogP contribution is 2.19. The summed E-state index contributed by atoms with van der Waals surface area (Å²) in [7, 11) is 1.31. The quantitative estimate of drug-likeness (QED) is 0.344. The van der Waals surface area contributed by atoms with Gasteiger partial charge in [0.1, 0.15) is 6.04 Å². The van der Waals surface area contributed by atoms with Gasteiger partial charge < -0.3 is 20.8 Å². The van der Waals surface area contributed by atoms with Crippen molar-refractivity contribution in [3.05, 3.63) is 71.4 Å². The lowest BCUT2D eigenvalue weighted by molar-refractivity contribution is -0.145. The Morgan fingerprint density at radius 1 is 1.17 bits per heavy atom. The van der Waals surface area contributed by atoms with E-state index in [1.807, 2.05) is 30.5 Å². The minimum atomic E-state index is -0.693. The number of para-hydroxylation sites is 1. The van der Waals surface area contributed by atoms with Gasteiger partial charge in [0.25, 0.3) is 0 Å². The summed E-state index contributed by atoms with van der Waals surface area (Å²) in [6, 6.07) is 15.4. The molecular weight excluding hydrogens is 398 g/mol. The molecule has 0 aliphatic rings. The second-order valence-electron chi connectivity index (χ2n) is 6.87. The van der Waals surface area contributed by atoms with Crippen molar-refractivity contribution in [2.24, 2.45) is 5.73 Å². The molecule has 1 atom stereocenters. The second-order valence-corrected chi connectivity index (χ2v) is 7.32. The average molecular weight is 428 g/mol. The van der Waals surface area contributed by atoms with Crippen LogP contribution in [-0.2, 0) is 27.3 Å². The molecule has 0 saturated carbocycles. The number of aromatic nitrogens is 1. The van der Waals surface area contributed by atoms with Gasteiger partial charge in [-0.05, 0) is 29.9 Å². The predicted molar refractivity (Wildman–Crippen MR) is 123 cm³/mol. The van der Waals surface area contributed by atoms with Gasteiger partial charge in [-0.1, -0.05) is 48.0 Å². The minimum Gasteiger partial charge on any atom is -0.467 e. The van der Waals surface area contributed by atoms with E-state index in [1.54, 1.807) is 0 Å². The molecule has 0 spiro atoms. The summed E-state index contributed by atoms with van der Waals surface area (Å²) in [6.07, 6.45) is 2.50. The maximum Gasteiger partial charge on any atom is 0.328 e. The van der Waals surface area contributed by atoms with Crippen LogP contribution in [0.3, 0.4) is 0 Å². The number of aromatic amines is 1. The molecule has 2 aromatic carbocycles. The molecule has 0 aliphatic carbocycles. The maximum atomic E-state index is 11.8. The van der Waals surface area contributed by atoms with Crippen molar-refractivity contribution >= 4 is 35.4 Å². The van der Waals surface area contributed by atoms with E-state index in [2.05, 4.69) is 54.1 Å². The summed E-state index contributed by atoms with van der Waals surface area (Å²) in [5.74, 6) is -0.222. The van der Waals surface area contributed by atoms with Crippen LogP contribution in [0.4, 0.5) is 0 Å². The molecule has 1 aromatic heterocycles. The molecule has 6 nitrogen and oxygen atoms in total. The van der Waals surface area contributed by atoms with Gasteiger partial charge in [0.2, 0.25) is 5.91 Å². The normalized spacial score (nSPS) is 11.3. The van der Waals surface area contributed by atoms with E-state index in [0.717, 1.165) is 16.5 Å². The Balaban J connectivity index is 0.000000297. The molecule has 1 amide bonds. The Kier molecular flexibility index (Phi) is 9.44. The first-order valence-electron chi connectivity index (χ1n) is 9.77. The van der Waals surface area contributed by atoms with Crippen molar-refractivity contribution in [3.63, 3.8) is 0 Å².